The second kappa shape index (κ2) is 8.11. The zero-order valence-electron chi connectivity index (χ0n) is 15.7. The van der Waals surface area contributed by atoms with Crippen molar-refractivity contribution in [3.05, 3.63) is 58.3 Å². The van der Waals surface area contributed by atoms with Gasteiger partial charge in [0.15, 0.2) is 0 Å². The van der Waals surface area contributed by atoms with Gasteiger partial charge in [0.05, 0.1) is 33.5 Å². The molecule has 7 heteroatoms. The maximum absolute atomic E-state index is 12.7. The van der Waals surface area contributed by atoms with E-state index < -0.39 is 0 Å². The van der Waals surface area contributed by atoms with Gasteiger partial charge < -0.3 is 9.88 Å². The molecule has 4 rings (SSSR count). The van der Waals surface area contributed by atoms with Crippen LogP contribution in [0.2, 0.25) is 10.0 Å². The highest BCUT2D eigenvalue weighted by Gasteiger charge is 2.27. The summed E-state index contributed by atoms with van der Waals surface area (Å²) in [6.45, 7) is 2.43. The zero-order chi connectivity index (χ0) is 19.7. The Kier molecular flexibility index (Phi) is 5.58. The number of aryl methyl sites for hydroxylation is 1. The van der Waals surface area contributed by atoms with Crippen LogP contribution >= 0.6 is 23.2 Å². The Hall–Kier alpha value is -2.08. The summed E-state index contributed by atoms with van der Waals surface area (Å²) < 4.78 is 2.13. The lowest BCUT2D eigenvalue weighted by Gasteiger charge is -2.31. The molecule has 0 aliphatic carbocycles. The highest BCUT2D eigenvalue weighted by molar-refractivity contribution is 6.42. The van der Waals surface area contributed by atoms with Crippen molar-refractivity contribution in [2.24, 2.45) is 13.0 Å². The third-order valence-corrected chi connectivity index (χ3v) is 6.05. The largest absolute Gasteiger partial charge is 0.330 e. The molecule has 1 aliphatic rings. The predicted octanol–water partition coefficient (Wildman–Crippen LogP) is 4.73. The molecule has 1 saturated heterocycles. The number of aromatic nitrogens is 2. The number of likely N-dealkylation sites (tertiary alicyclic amines) is 1. The molecule has 1 N–H and O–H groups in total. The summed E-state index contributed by atoms with van der Waals surface area (Å²) in [4.78, 5) is 19.8. The van der Waals surface area contributed by atoms with Gasteiger partial charge in [-0.3, -0.25) is 9.69 Å². The Bertz CT molecular complexity index is 1020. The van der Waals surface area contributed by atoms with E-state index in [1.807, 2.05) is 25.2 Å². The standard InChI is InChI=1S/C21H22Cl2N4O/c1-26-19-7-3-2-6-18(19)25-20(26)13-27-10-4-5-14(12-27)21(28)24-15-8-9-16(22)17(23)11-15/h2-3,6-9,11,14H,4-5,10,12-13H2,1H3,(H,24,28)/t14-/m1/s1. The molecule has 0 spiro atoms. The van der Waals surface area contributed by atoms with Crippen LogP contribution in [-0.2, 0) is 18.4 Å². The lowest BCUT2D eigenvalue weighted by molar-refractivity contribution is -0.121. The van der Waals surface area contributed by atoms with Crippen molar-refractivity contribution in [2.45, 2.75) is 19.4 Å². The lowest BCUT2D eigenvalue weighted by Crippen LogP contribution is -2.40. The summed E-state index contributed by atoms with van der Waals surface area (Å²) >= 11 is 12.0. The van der Waals surface area contributed by atoms with Crippen molar-refractivity contribution in [3.8, 4) is 0 Å². The van der Waals surface area contributed by atoms with Gasteiger partial charge in [0.2, 0.25) is 5.91 Å². The van der Waals surface area contributed by atoms with Gasteiger partial charge in [0.1, 0.15) is 5.82 Å². The van der Waals surface area contributed by atoms with E-state index in [0.717, 1.165) is 49.3 Å². The van der Waals surface area contributed by atoms with Crippen molar-refractivity contribution in [1.82, 2.24) is 14.5 Å². The molecule has 3 aromatic rings. The van der Waals surface area contributed by atoms with Crippen LogP contribution in [-0.4, -0.2) is 33.4 Å². The predicted molar refractivity (Wildman–Crippen MR) is 114 cm³/mol. The van der Waals surface area contributed by atoms with Crippen LogP contribution in [0.4, 0.5) is 5.69 Å². The molecule has 0 unspecified atom stereocenters. The molecule has 1 amide bonds. The number of anilines is 1. The molecule has 1 aliphatic heterocycles. The van der Waals surface area contributed by atoms with Crippen molar-refractivity contribution >= 4 is 45.8 Å². The first-order valence-corrected chi connectivity index (χ1v) is 10.2. The first kappa shape index (κ1) is 19.2. The molecule has 28 heavy (non-hydrogen) atoms. The summed E-state index contributed by atoms with van der Waals surface area (Å²) in [5.74, 6) is 0.984. The third-order valence-electron chi connectivity index (χ3n) is 5.31. The molecule has 1 atom stereocenters. The Morgan fingerprint density at radius 3 is 2.82 bits per heavy atom. The fourth-order valence-corrected chi connectivity index (χ4v) is 4.07. The molecule has 146 valence electrons. The molecular weight excluding hydrogens is 395 g/mol. The van der Waals surface area contributed by atoms with Crippen molar-refractivity contribution in [2.75, 3.05) is 18.4 Å². The monoisotopic (exact) mass is 416 g/mol. The number of piperidine rings is 1. The molecule has 0 saturated carbocycles. The van der Waals surface area contributed by atoms with Crippen LogP contribution in [0.1, 0.15) is 18.7 Å². The van der Waals surface area contributed by atoms with Crippen LogP contribution < -0.4 is 5.32 Å². The molecule has 0 bridgehead atoms. The maximum atomic E-state index is 12.7. The zero-order valence-corrected chi connectivity index (χ0v) is 17.2. The Morgan fingerprint density at radius 2 is 2.04 bits per heavy atom. The molecule has 1 aromatic heterocycles. The van der Waals surface area contributed by atoms with E-state index in [1.54, 1.807) is 18.2 Å². The summed E-state index contributed by atoms with van der Waals surface area (Å²) in [6.07, 6.45) is 1.87. The Labute approximate surface area is 174 Å². The van der Waals surface area contributed by atoms with Crippen molar-refractivity contribution < 1.29 is 4.79 Å². The number of amides is 1. The van der Waals surface area contributed by atoms with Gasteiger partial charge >= 0.3 is 0 Å². The normalized spacial score (nSPS) is 17.8. The summed E-state index contributed by atoms with van der Waals surface area (Å²) in [6, 6.07) is 13.3. The van der Waals surface area contributed by atoms with Crippen molar-refractivity contribution in [3.63, 3.8) is 0 Å². The minimum absolute atomic E-state index is 0.0214. The van der Waals surface area contributed by atoms with Crippen LogP contribution in [0, 0.1) is 5.92 Å². The molecule has 2 heterocycles. The molecule has 0 radical (unpaired) electrons. The van der Waals surface area contributed by atoms with E-state index in [9.17, 15) is 4.79 Å². The average Bonchev–Trinajstić information content (AvgIpc) is 3.01. The number of rotatable bonds is 4. The Morgan fingerprint density at radius 1 is 1.21 bits per heavy atom. The van der Waals surface area contributed by atoms with E-state index in [0.29, 0.717) is 15.7 Å². The van der Waals surface area contributed by atoms with E-state index in [4.69, 9.17) is 28.2 Å². The second-order valence-electron chi connectivity index (χ2n) is 7.27. The van der Waals surface area contributed by atoms with Gasteiger partial charge in [0, 0.05) is 19.3 Å². The number of halogens is 2. The third kappa shape index (κ3) is 4.02. The number of carbonyl (C=O) groups excluding carboxylic acids is 1. The van der Waals surface area contributed by atoms with Crippen LogP contribution in [0.3, 0.4) is 0 Å². The van der Waals surface area contributed by atoms with Crippen LogP contribution in [0.5, 0.6) is 0 Å². The number of hydrogen-bond donors (Lipinski definition) is 1. The highest BCUT2D eigenvalue weighted by Crippen LogP contribution is 2.26. The van der Waals surface area contributed by atoms with Gasteiger partial charge in [-0.1, -0.05) is 35.3 Å². The number of fused-ring (bicyclic) bond motifs is 1. The first-order chi connectivity index (χ1) is 13.5. The van der Waals surface area contributed by atoms with E-state index in [2.05, 4.69) is 20.9 Å². The molecule has 1 fully saturated rings. The van der Waals surface area contributed by atoms with Crippen molar-refractivity contribution in [1.29, 1.82) is 0 Å². The number of carbonyl (C=O) groups is 1. The van der Waals surface area contributed by atoms with Gasteiger partial charge in [-0.25, -0.2) is 4.98 Å². The minimum atomic E-state index is -0.0575. The maximum Gasteiger partial charge on any atom is 0.228 e. The number of benzene rings is 2. The molecule has 2 aromatic carbocycles. The number of para-hydroxylation sites is 2. The SMILES string of the molecule is Cn1c(CN2CCC[C@@H](C(=O)Nc3ccc(Cl)c(Cl)c3)C2)nc2ccccc21. The number of hydrogen-bond acceptors (Lipinski definition) is 3. The van der Waals surface area contributed by atoms with Gasteiger partial charge in [-0.15, -0.1) is 0 Å². The van der Waals surface area contributed by atoms with Gasteiger partial charge in [0.25, 0.3) is 0 Å². The van der Waals surface area contributed by atoms with E-state index in [1.165, 1.54) is 0 Å². The summed E-state index contributed by atoms with van der Waals surface area (Å²) in [5.41, 5.74) is 2.81. The first-order valence-electron chi connectivity index (χ1n) is 9.40. The van der Waals surface area contributed by atoms with E-state index >= 15 is 0 Å². The average molecular weight is 417 g/mol. The lowest BCUT2D eigenvalue weighted by atomic mass is 9.97. The quantitative estimate of drug-likeness (QED) is 0.668. The smallest absolute Gasteiger partial charge is 0.228 e. The molecule has 5 nitrogen and oxygen atoms in total. The molecular formula is C21H22Cl2N4O. The van der Waals surface area contributed by atoms with Gasteiger partial charge in [-0.2, -0.15) is 0 Å². The van der Waals surface area contributed by atoms with Gasteiger partial charge in [-0.05, 0) is 49.7 Å². The van der Waals surface area contributed by atoms with Crippen LogP contribution in [0.15, 0.2) is 42.5 Å². The Balaban J connectivity index is 1.42. The van der Waals surface area contributed by atoms with E-state index in [-0.39, 0.29) is 11.8 Å². The summed E-state index contributed by atoms with van der Waals surface area (Å²) in [5, 5.41) is 3.88. The second-order valence-corrected chi connectivity index (χ2v) is 8.08. The fraction of sp³-hybridized carbons (Fsp3) is 0.333. The number of nitrogens with zero attached hydrogens (tertiary/aromatic N) is 3. The fourth-order valence-electron chi connectivity index (χ4n) is 3.77. The minimum Gasteiger partial charge on any atom is -0.330 e. The van der Waals surface area contributed by atoms with Crippen LogP contribution in [0.25, 0.3) is 11.0 Å². The highest BCUT2D eigenvalue weighted by atomic mass is 35.5. The number of imidazole rings is 1. The topological polar surface area (TPSA) is 50.2 Å². The number of nitrogens with one attached hydrogen (secondary N) is 1. The summed E-state index contributed by atoms with van der Waals surface area (Å²) in [7, 11) is 2.04.